The second kappa shape index (κ2) is 6.80. The molecule has 120 valence electrons. The number of amides is 1. The number of fused-ring (bicyclic) bond motifs is 1. The van der Waals surface area contributed by atoms with Crippen LogP contribution in [0.3, 0.4) is 0 Å². The van der Waals surface area contributed by atoms with Crippen molar-refractivity contribution in [1.29, 1.82) is 0 Å². The molecule has 1 aliphatic carbocycles. The Morgan fingerprint density at radius 2 is 1.91 bits per heavy atom. The minimum absolute atomic E-state index is 0.0723. The van der Waals surface area contributed by atoms with Crippen molar-refractivity contribution in [2.24, 2.45) is 5.73 Å². The van der Waals surface area contributed by atoms with Crippen molar-refractivity contribution in [1.82, 2.24) is 5.32 Å². The topological polar surface area (TPSA) is 64.3 Å². The van der Waals surface area contributed by atoms with E-state index in [0.29, 0.717) is 26.2 Å². The van der Waals surface area contributed by atoms with Crippen molar-refractivity contribution in [3.63, 3.8) is 0 Å². The highest BCUT2D eigenvalue weighted by atomic mass is 16.5. The van der Waals surface area contributed by atoms with Gasteiger partial charge in [-0.25, -0.2) is 0 Å². The molecule has 0 atom stereocenters. The van der Waals surface area contributed by atoms with Gasteiger partial charge in [0.25, 0.3) is 0 Å². The highest BCUT2D eigenvalue weighted by Gasteiger charge is 2.32. The predicted octanol–water partition coefficient (Wildman–Crippen LogP) is 1.73. The first-order valence-electron chi connectivity index (χ1n) is 8.40. The number of aryl methyl sites for hydroxylation is 2. The SMILES string of the molecule is NCC1(NC(=O)Cc2ccc3c(c2)CCCC3)CCOCC1. The number of benzene rings is 1. The molecule has 4 nitrogen and oxygen atoms in total. The summed E-state index contributed by atoms with van der Waals surface area (Å²) in [6.45, 7) is 1.83. The molecule has 1 amide bonds. The number of carbonyl (C=O) groups is 1. The second-order valence-corrected chi connectivity index (χ2v) is 6.63. The first-order valence-corrected chi connectivity index (χ1v) is 8.40. The van der Waals surface area contributed by atoms with Crippen LogP contribution in [0.1, 0.15) is 42.4 Å². The molecule has 0 radical (unpaired) electrons. The van der Waals surface area contributed by atoms with Crippen molar-refractivity contribution in [2.45, 2.75) is 50.5 Å². The van der Waals surface area contributed by atoms with E-state index in [4.69, 9.17) is 10.5 Å². The van der Waals surface area contributed by atoms with E-state index < -0.39 is 0 Å². The summed E-state index contributed by atoms with van der Waals surface area (Å²) in [6, 6.07) is 6.51. The van der Waals surface area contributed by atoms with Gasteiger partial charge in [0.05, 0.1) is 12.0 Å². The molecule has 1 heterocycles. The lowest BCUT2D eigenvalue weighted by molar-refractivity contribution is -0.123. The maximum Gasteiger partial charge on any atom is 0.224 e. The van der Waals surface area contributed by atoms with Gasteiger partial charge < -0.3 is 15.8 Å². The smallest absolute Gasteiger partial charge is 0.224 e. The maximum atomic E-state index is 12.4. The Morgan fingerprint density at radius 3 is 2.64 bits per heavy atom. The molecule has 0 bridgehead atoms. The highest BCUT2D eigenvalue weighted by molar-refractivity contribution is 5.79. The van der Waals surface area contributed by atoms with Crippen LogP contribution >= 0.6 is 0 Å². The molecule has 3 rings (SSSR count). The van der Waals surface area contributed by atoms with E-state index >= 15 is 0 Å². The molecule has 2 aliphatic rings. The third kappa shape index (κ3) is 3.50. The minimum Gasteiger partial charge on any atom is -0.381 e. The van der Waals surface area contributed by atoms with Gasteiger partial charge in [-0.05, 0) is 55.2 Å². The summed E-state index contributed by atoms with van der Waals surface area (Å²) >= 11 is 0. The van der Waals surface area contributed by atoms with Crippen LogP contribution in [0.5, 0.6) is 0 Å². The Kier molecular flexibility index (Phi) is 4.79. The number of carbonyl (C=O) groups excluding carboxylic acids is 1. The summed E-state index contributed by atoms with van der Waals surface area (Å²) in [5, 5.41) is 3.17. The van der Waals surface area contributed by atoms with Crippen molar-refractivity contribution < 1.29 is 9.53 Å². The van der Waals surface area contributed by atoms with Crippen molar-refractivity contribution in [3.8, 4) is 0 Å². The monoisotopic (exact) mass is 302 g/mol. The summed E-state index contributed by atoms with van der Waals surface area (Å²) in [4.78, 5) is 12.4. The van der Waals surface area contributed by atoms with E-state index in [1.807, 2.05) is 0 Å². The molecule has 4 heteroatoms. The molecule has 0 unspecified atom stereocenters. The molecule has 1 saturated heterocycles. The molecule has 0 aromatic heterocycles. The second-order valence-electron chi connectivity index (χ2n) is 6.63. The minimum atomic E-state index is -0.274. The van der Waals surface area contributed by atoms with Crippen molar-refractivity contribution >= 4 is 5.91 Å². The van der Waals surface area contributed by atoms with Gasteiger partial charge in [-0.2, -0.15) is 0 Å². The molecular formula is C18H26N2O2. The Bertz CT molecular complexity index is 536. The molecule has 0 saturated carbocycles. The third-order valence-electron chi connectivity index (χ3n) is 5.02. The van der Waals surface area contributed by atoms with Crippen LogP contribution in [-0.4, -0.2) is 31.2 Å². The zero-order valence-corrected chi connectivity index (χ0v) is 13.2. The number of hydrogen-bond donors (Lipinski definition) is 2. The molecule has 1 aromatic rings. The first kappa shape index (κ1) is 15.5. The summed E-state index contributed by atoms with van der Waals surface area (Å²) in [5.41, 5.74) is 9.62. The van der Waals surface area contributed by atoms with E-state index in [1.54, 1.807) is 0 Å². The first-order chi connectivity index (χ1) is 10.7. The van der Waals surface area contributed by atoms with Gasteiger partial charge in [-0.15, -0.1) is 0 Å². The largest absolute Gasteiger partial charge is 0.381 e. The molecule has 1 aromatic carbocycles. The lowest BCUT2D eigenvalue weighted by atomic mass is 9.88. The summed E-state index contributed by atoms with van der Waals surface area (Å²) in [6.07, 6.45) is 6.93. The maximum absolute atomic E-state index is 12.4. The normalized spacial score (nSPS) is 20.2. The van der Waals surface area contributed by atoms with E-state index in [9.17, 15) is 4.79 Å². The molecule has 3 N–H and O–H groups in total. The number of ether oxygens (including phenoxy) is 1. The quantitative estimate of drug-likeness (QED) is 0.890. The standard InChI is InChI=1S/C18H26N2O2/c19-13-18(7-9-22-10-8-18)20-17(21)12-14-5-6-15-3-1-2-4-16(15)11-14/h5-6,11H,1-4,7-10,12-13,19H2,(H,20,21). The average Bonchev–Trinajstić information content (AvgIpc) is 2.55. The van der Waals surface area contributed by atoms with Crippen molar-refractivity contribution in [3.05, 3.63) is 34.9 Å². The van der Waals surface area contributed by atoms with E-state index in [2.05, 4.69) is 23.5 Å². The van der Waals surface area contributed by atoms with Crippen LogP contribution in [0.4, 0.5) is 0 Å². The van der Waals surface area contributed by atoms with Gasteiger partial charge in [-0.1, -0.05) is 18.2 Å². The van der Waals surface area contributed by atoms with E-state index in [0.717, 1.165) is 24.8 Å². The van der Waals surface area contributed by atoms with Crippen LogP contribution in [0.25, 0.3) is 0 Å². The van der Waals surface area contributed by atoms with Gasteiger partial charge in [-0.3, -0.25) is 4.79 Å². The fourth-order valence-corrected chi connectivity index (χ4v) is 3.56. The lowest BCUT2D eigenvalue weighted by Crippen LogP contribution is -2.57. The fraction of sp³-hybridized carbons (Fsp3) is 0.611. The van der Waals surface area contributed by atoms with Crippen LogP contribution in [-0.2, 0) is 28.8 Å². The Balaban J connectivity index is 1.63. The lowest BCUT2D eigenvalue weighted by Gasteiger charge is -2.37. The van der Waals surface area contributed by atoms with Crippen LogP contribution < -0.4 is 11.1 Å². The third-order valence-corrected chi connectivity index (χ3v) is 5.02. The summed E-state index contributed by atoms with van der Waals surface area (Å²) in [7, 11) is 0. The molecule has 22 heavy (non-hydrogen) atoms. The molecule has 1 fully saturated rings. The number of rotatable bonds is 4. The summed E-state index contributed by atoms with van der Waals surface area (Å²) in [5.74, 6) is 0.0723. The van der Waals surface area contributed by atoms with Crippen LogP contribution in [0.2, 0.25) is 0 Å². The predicted molar refractivity (Wildman–Crippen MR) is 86.8 cm³/mol. The van der Waals surface area contributed by atoms with Crippen LogP contribution in [0.15, 0.2) is 18.2 Å². The average molecular weight is 302 g/mol. The number of hydrogen-bond acceptors (Lipinski definition) is 3. The van der Waals surface area contributed by atoms with Gasteiger partial charge in [0.2, 0.25) is 5.91 Å². The Morgan fingerprint density at radius 1 is 1.18 bits per heavy atom. The molecule has 1 aliphatic heterocycles. The van der Waals surface area contributed by atoms with Gasteiger partial charge in [0.1, 0.15) is 0 Å². The van der Waals surface area contributed by atoms with Crippen molar-refractivity contribution in [2.75, 3.05) is 19.8 Å². The summed E-state index contributed by atoms with van der Waals surface area (Å²) < 4.78 is 5.38. The molecule has 0 spiro atoms. The highest BCUT2D eigenvalue weighted by Crippen LogP contribution is 2.23. The Labute approximate surface area is 132 Å². The van der Waals surface area contributed by atoms with Crippen LogP contribution in [0, 0.1) is 0 Å². The number of nitrogens with one attached hydrogen (secondary N) is 1. The fourth-order valence-electron chi connectivity index (χ4n) is 3.56. The van der Waals surface area contributed by atoms with Gasteiger partial charge in [0.15, 0.2) is 0 Å². The zero-order chi connectivity index (χ0) is 15.4. The van der Waals surface area contributed by atoms with Gasteiger partial charge >= 0.3 is 0 Å². The van der Waals surface area contributed by atoms with E-state index in [1.165, 1.54) is 30.4 Å². The molecular weight excluding hydrogens is 276 g/mol. The number of nitrogens with two attached hydrogens (primary N) is 1. The zero-order valence-electron chi connectivity index (χ0n) is 13.2. The van der Waals surface area contributed by atoms with E-state index in [-0.39, 0.29) is 11.4 Å². The Hall–Kier alpha value is -1.39. The van der Waals surface area contributed by atoms with Gasteiger partial charge in [0, 0.05) is 19.8 Å².